The maximum absolute atomic E-state index is 12.5. The van der Waals surface area contributed by atoms with E-state index in [1.54, 1.807) is 18.2 Å². The SMILES string of the molecule is CCOCCn1c(=NC(=O)CCCSCc2ccccc2)sc2cc(S(C)(=O)=O)ccc21. The van der Waals surface area contributed by atoms with Gasteiger partial charge in [0.15, 0.2) is 14.6 Å². The number of rotatable bonds is 11. The molecule has 0 saturated heterocycles. The van der Waals surface area contributed by atoms with Crippen molar-refractivity contribution in [1.29, 1.82) is 0 Å². The van der Waals surface area contributed by atoms with Crippen molar-refractivity contribution >= 4 is 49.1 Å². The molecule has 0 bridgehead atoms. The Morgan fingerprint density at radius 3 is 2.69 bits per heavy atom. The Morgan fingerprint density at radius 1 is 1.19 bits per heavy atom. The van der Waals surface area contributed by atoms with Gasteiger partial charge in [0.1, 0.15) is 0 Å². The summed E-state index contributed by atoms with van der Waals surface area (Å²) in [4.78, 5) is 17.7. The van der Waals surface area contributed by atoms with Crippen LogP contribution < -0.4 is 4.80 Å². The number of hydrogen-bond acceptors (Lipinski definition) is 6. The molecule has 0 unspecified atom stereocenters. The molecule has 9 heteroatoms. The van der Waals surface area contributed by atoms with Gasteiger partial charge in [0.25, 0.3) is 0 Å². The molecule has 0 spiro atoms. The van der Waals surface area contributed by atoms with Gasteiger partial charge in [-0.15, -0.1) is 0 Å². The van der Waals surface area contributed by atoms with E-state index in [0.717, 1.165) is 28.1 Å². The number of ether oxygens (including phenoxy) is 1. The second kappa shape index (κ2) is 11.8. The average molecular weight is 493 g/mol. The van der Waals surface area contributed by atoms with Crippen molar-refractivity contribution in [3.63, 3.8) is 0 Å². The Kier molecular flexibility index (Phi) is 9.10. The molecule has 3 rings (SSSR count). The molecule has 0 radical (unpaired) electrons. The van der Waals surface area contributed by atoms with Crippen LogP contribution in [0.2, 0.25) is 0 Å². The third kappa shape index (κ3) is 7.03. The standard InChI is InChI=1S/C23H28N2O4S3/c1-3-29-14-13-25-20-12-11-19(32(2,27)28)16-21(20)31-23(25)24-22(26)10-7-15-30-17-18-8-5-4-6-9-18/h4-6,8-9,11-12,16H,3,7,10,13-15,17H2,1-2H3. The van der Waals surface area contributed by atoms with Crippen molar-refractivity contribution in [2.75, 3.05) is 25.2 Å². The minimum Gasteiger partial charge on any atom is -0.380 e. The van der Waals surface area contributed by atoms with Gasteiger partial charge in [0, 0.05) is 31.6 Å². The lowest BCUT2D eigenvalue weighted by molar-refractivity contribution is -0.118. The van der Waals surface area contributed by atoms with E-state index in [-0.39, 0.29) is 10.8 Å². The van der Waals surface area contributed by atoms with Crippen molar-refractivity contribution in [3.05, 3.63) is 58.9 Å². The molecule has 172 valence electrons. The van der Waals surface area contributed by atoms with E-state index in [4.69, 9.17) is 4.74 Å². The van der Waals surface area contributed by atoms with Crippen molar-refractivity contribution in [2.45, 2.75) is 37.0 Å². The third-order valence-corrected chi connectivity index (χ3v) is 8.02. The number of benzene rings is 2. The highest BCUT2D eigenvalue weighted by Crippen LogP contribution is 2.22. The lowest BCUT2D eigenvalue weighted by Crippen LogP contribution is -2.19. The molecule has 0 saturated carbocycles. The average Bonchev–Trinajstić information content (AvgIpc) is 3.10. The molecular weight excluding hydrogens is 464 g/mol. The first-order valence-electron chi connectivity index (χ1n) is 10.5. The Balaban J connectivity index is 1.71. The van der Waals surface area contributed by atoms with Crippen LogP contribution in [0.4, 0.5) is 0 Å². The van der Waals surface area contributed by atoms with Gasteiger partial charge in [-0.25, -0.2) is 8.42 Å². The van der Waals surface area contributed by atoms with E-state index in [1.807, 2.05) is 41.5 Å². The summed E-state index contributed by atoms with van der Waals surface area (Å²) in [6, 6.07) is 15.3. The maximum Gasteiger partial charge on any atom is 0.248 e. The number of fused-ring (bicyclic) bond motifs is 1. The Hall–Kier alpha value is -1.94. The van der Waals surface area contributed by atoms with E-state index in [0.29, 0.717) is 31.0 Å². The number of thiazole rings is 1. The molecule has 1 amide bonds. The van der Waals surface area contributed by atoms with Gasteiger partial charge in [-0.2, -0.15) is 16.8 Å². The van der Waals surface area contributed by atoms with Gasteiger partial charge in [-0.1, -0.05) is 41.7 Å². The van der Waals surface area contributed by atoms with E-state index < -0.39 is 9.84 Å². The molecule has 6 nitrogen and oxygen atoms in total. The zero-order valence-corrected chi connectivity index (χ0v) is 20.8. The molecule has 2 aromatic carbocycles. The number of sulfone groups is 1. The van der Waals surface area contributed by atoms with Crippen molar-refractivity contribution in [3.8, 4) is 0 Å². The molecule has 0 aliphatic rings. The van der Waals surface area contributed by atoms with Crippen molar-refractivity contribution < 1.29 is 17.9 Å². The molecular formula is C23H28N2O4S3. The van der Waals surface area contributed by atoms with Gasteiger partial charge in [0.2, 0.25) is 5.91 Å². The Bertz CT molecular complexity index is 1220. The lowest BCUT2D eigenvalue weighted by atomic mass is 10.2. The van der Waals surface area contributed by atoms with Gasteiger partial charge in [0.05, 0.1) is 21.7 Å². The lowest BCUT2D eigenvalue weighted by Gasteiger charge is -2.06. The van der Waals surface area contributed by atoms with Gasteiger partial charge < -0.3 is 9.30 Å². The number of nitrogens with zero attached hydrogens (tertiary/aromatic N) is 2. The third-order valence-electron chi connectivity index (χ3n) is 4.76. The van der Waals surface area contributed by atoms with Crippen LogP contribution in [0.5, 0.6) is 0 Å². The van der Waals surface area contributed by atoms with Gasteiger partial charge >= 0.3 is 0 Å². The highest BCUT2D eigenvalue weighted by Gasteiger charge is 2.13. The first-order chi connectivity index (χ1) is 15.4. The quantitative estimate of drug-likeness (QED) is 0.373. The van der Waals surface area contributed by atoms with Crippen molar-refractivity contribution in [2.24, 2.45) is 4.99 Å². The van der Waals surface area contributed by atoms with Crippen LogP contribution in [0.15, 0.2) is 58.4 Å². The molecule has 0 atom stereocenters. The number of aromatic nitrogens is 1. The summed E-state index contributed by atoms with van der Waals surface area (Å²) >= 11 is 3.14. The summed E-state index contributed by atoms with van der Waals surface area (Å²) in [7, 11) is -3.31. The van der Waals surface area contributed by atoms with Gasteiger partial charge in [-0.3, -0.25) is 4.79 Å². The maximum atomic E-state index is 12.5. The summed E-state index contributed by atoms with van der Waals surface area (Å²) in [5.74, 6) is 1.66. The van der Waals surface area contributed by atoms with E-state index in [9.17, 15) is 13.2 Å². The second-order valence-electron chi connectivity index (χ2n) is 7.28. The summed E-state index contributed by atoms with van der Waals surface area (Å²) in [5.41, 5.74) is 2.13. The van der Waals surface area contributed by atoms with Crippen LogP contribution in [0, 0.1) is 0 Å². The van der Waals surface area contributed by atoms with Crippen LogP contribution in [0.25, 0.3) is 10.2 Å². The predicted octanol–water partition coefficient (Wildman–Crippen LogP) is 4.28. The fourth-order valence-electron chi connectivity index (χ4n) is 3.14. The first kappa shape index (κ1) is 24.7. The monoisotopic (exact) mass is 492 g/mol. The van der Waals surface area contributed by atoms with Crippen LogP contribution in [0.1, 0.15) is 25.3 Å². The zero-order valence-electron chi connectivity index (χ0n) is 18.3. The fraction of sp³-hybridized carbons (Fsp3) is 0.391. The molecule has 0 fully saturated rings. The van der Waals surface area contributed by atoms with Crippen LogP contribution in [-0.4, -0.2) is 44.1 Å². The second-order valence-corrected chi connectivity index (χ2v) is 11.4. The fourth-order valence-corrected chi connectivity index (χ4v) is 5.89. The Labute approximate surface area is 197 Å². The minimum atomic E-state index is -3.31. The predicted molar refractivity (Wildman–Crippen MR) is 132 cm³/mol. The topological polar surface area (TPSA) is 77.7 Å². The highest BCUT2D eigenvalue weighted by atomic mass is 32.2. The smallest absolute Gasteiger partial charge is 0.248 e. The van der Waals surface area contributed by atoms with Crippen LogP contribution in [0.3, 0.4) is 0 Å². The summed E-state index contributed by atoms with van der Waals surface area (Å²) in [5, 5.41) is 0. The number of amides is 1. The highest BCUT2D eigenvalue weighted by molar-refractivity contribution is 7.98. The molecule has 1 aromatic heterocycles. The Morgan fingerprint density at radius 2 is 1.97 bits per heavy atom. The molecule has 1 heterocycles. The number of carbonyl (C=O) groups excluding carboxylic acids is 1. The molecule has 0 aliphatic heterocycles. The number of carbonyl (C=O) groups is 1. The van der Waals surface area contributed by atoms with Gasteiger partial charge in [-0.05, 0) is 42.9 Å². The number of thioether (sulfide) groups is 1. The summed E-state index contributed by atoms with van der Waals surface area (Å²) < 4.78 is 32.0. The van der Waals surface area contributed by atoms with E-state index >= 15 is 0 Å². The minimum absolute atomic E-state index is 0.162. The number of hydrogen-bond donors (Lipinski definition) is 0. The van der Waals surface area contributed by atoms with Crippen LogP contribution in [-0.2, 0) is 31.7 Å². The summed E-state index contributed by atoms with van der Waals surface area (Å²) in [6.07, 6.45) is 2.34. The molecule has 3 aromatic rings. The van der Waals surface area contributed by atoms with Crippen LogP contribution >= 0.6 is 23.1 Å². The van der Waals surface area contributed by atoms with E-state index in [2.05, 4.69) is 17.1 Å². The molecule has 0 N–H and O–H groups in total. The van der Waals surface area contributed by atoms with Crippen molar-refractivity contribution in [1.82, 2.24) is 4.57 Å². The molecule has 32 heavy (non-hydrogen) atoms. The largest absolute Gasteiger partial charge is 0.380 e. The first-order valence-corrected chi connectivity index (χ1v) is 14.3. The van der Waals surface area contributed by atoms with E-state index in [1.165, 1.54) is 23.2 Å². The normalized spacial score (nSPS) is 12.5. The summed E-state index contributed by atoms with van der Waals surface area (Å²) in [6.45, 7) is 3.57. The zero-order chi connectivity index (χ0) is 23.0. The molecule has 0 aliphatic carbocycles.